The summed E-state index contributed by atoms with van der Waals surface area (Å²) in [7, 11) is -3.05. The number of alkyl halides is 1. The first-order valence-corrected chi connectivity index (χ1v) is 6.79. The third kappa shape index (κ3) is 2.45. The molecule has 0 aliphatic carbocycles. The summed E-state index contributed by atoms with van der Waals surface area (Å²) in [4.78, 5) is 0. The second kappa shape index (κ2) is 4.14. The van der Waals surface area contributed by atoms with Gasteiger partial charge in [-0.25, -0.2) is 12.8 Å². The van der Waals surface area contributed by atoms with Gasteiger partial charge in [0.2, 0.25) is 0 Å². The van der Waals surface area contributed by atoms with E-state index in [1.54, 1.807) is 0 Å². The normalized spacial score (nSPS) is 33.9. The van der Waals surface area contributed by atoms with E-state index in [0.29, 0.717) is 25.8 Å². The third-order valence-corrected chi connectivity index (χ3v) is 5.05. The van der Waals surface area contributed by atoms with E-state index in [9.17, 15) is 12.8 Å². The van der Waals surface area contributed by atoms with Crippen molar-refractivity contribution in [2.24, 2.45) is 11.1 Å². The summed E-state index contributed by atoms with van der Waals surface area (Å²) in [6.45, 7) is 1.79. The molecule has 2 N–H and O–H groups in total. The molecule has 3 nitrogen and oxygen atoms in total. The predicted molar refractivity (Wildman–Crippen MR) is 54.6 cm³/mol. The Hall–Kier alpha value is -0.160. The van der Waals surface area contributed by atoms with Crippen molar-refractivity contribution in [2.75, 3.05) is 18.1 Å². The van der Waals surface area contributed by atoms with Crippen molar-refractivity contribution in [1.82, 2.24) is 0 Å². The van der Waals surface area contributed by atoms with Gasteiger partial charge >= 0.3 is 0 Å². The van der Waals surface area contributed by atoms with Crippen LogP contribution < -0.4 is 5.73 Å². The van der Waals surface area contributed by atoms with Crippen molar-refractivity contribution in [3.8, 4) is 0 Å². The highest BCUT2D eigenvalue weighted by molar-refractivity contribution is 7.91. The lowest BCUT2D eigenvalue weighted by atomic mass is 9.78. The fourth-order valence-electron chi connectivity index (χ4n) is 2.22. The van der Waals surface area contributed by atoms with Crippen molar-refractivity contribution >= 4 is 9.84 Å². The Labute approximate surface area is 84.8 Å². The van der Waals surface area contributed by atoms with Crippen LogP contribution in [0.2, 0.25) is 0 Å². The van der Waals surface area contributed by atoms with Gasteiger partial charge in [-0.3, -0.25) is 0 Å². The lowest BCUT2D eigenvalue weighted by Crippen LogP contribution is -2.43. The molecule has 0 bridgehead atoms. The van der Waals surface area contributed by atoms with E-state index < -0.39 is 21.4 Å². The Bertz CT molecular complexity index is 285. The monoisotopic (exact) mass is 223 g/mol. The lowest BCUT2D eigenvalue weighted by molar-refractivity contribution is 0.117. The number of rotatable bonds is 3. The molecule has 84 valence electrons. The van der Waals surface area contributed by atoms with E-state index in [2.05, 4.69) is 0 Å². The van der Waals surface area contributed by atoms with Crippen LogP contribution in [0.4, 0.5) is 4.39 Å². The molecule has 0 saturated carbocycles. The first kappa shape index (κ1) is 11.9. The number of sulfone groups is 1. The summed E-state index contributed by atoms with van der Waals surface area (Å²) in [5.74, 6) is 0.168. The van der Waals surface area contributed by atoms with E-state index in [-0.39, 0.29) is 11.5 Å². The second-order valence-electron chi connectivity index (χ2n) is 4.21. The highest BCUT2D eigenvalue weighted by Crippen LogP contribution is 2.39. The van der Waals surface area contributed by atoms with Crippen LogP contribution in [0.1, 0.15) is 26.2 Å². The number of halogens is 1. The predicted octanol–water partition coefficient (Wildman–Crippen LogP) is 0.888. The zero-order valence-corrected chi connectivity index (χ0v) is 9.32. The van der Waals surface area contributed by atoms with Crippen LogP contribution in [0.5, 0.6) is 0 Å². The smallest absolute Gasteiger partial charge is 0.150 e. The molecule has 1 rings (SSSR count). The summed E-state index contributed by atoms with van der Waals surface area (Å²) in [5.41, 5.74) is 4.69. The molecule has 1 saturated heterocycles. The molecule has 0 spiro atoms. The molecule has 2 atom stereocenters. The number of hydrogen-bond acceptors (Lipinski definition) is 3. The zero-order valence-electron chi connectivity index (χ0n) is 8.50. The van der Waals surface area contributed by atoms with E-state index in [0.717, 1.165) is 0 Å². The van der Waals surface area contributed by atoms with E-state index >= 15 is 0 Å². The summed E-state index contributed by atoms with van der Waals surface area (Å²) >= 11 is 0. The molecule has 0 radical (unpaired) electrons. The minimum absolute atomic E-state index is 0.0329. The van der Waals surface area contributed by atoms with Gasteiger partial charge in [0.15, 0.2) is 9.84 Å². The highest BCUT2D eigenvalue weighted by Gasteiger charge is 2.42. The molecule has 1 fully saturated rings. The molecule has 0 aromatic rings. The van der Waals surface area contributed by atoms with Gasteiger partial charge in [-0.15, -0.1) is 0 Å². The maximum Gasteiger partial charge on any atom is 0.150 e. The van der Waals surface area contributed by atoms with Crippen molar-refractivity contribution in [1.29, 1.82) is 0 Å². The average molecular weight is 223 g/mol. The number of hydrogen-bond donors (Lipinski definition) is 1. The molecule has 14 heavy (non-hydrogen) atoms. The zero-order chi connectivity index (χ0) is 10.8. The van der Waals surface area contributed by atoms with Gasteiger partial charge in [0, 0.05) is 5.41 Å². The summed E-state index contributed by atoms with van der Waals surface area (Å²) in [5, 5.41) is 0. The SMILES string of the molecule is CC(F)C1(CCN)CCCS(=O)(=O)C1. The standard InChI is InChI=1S/C9H18FNO2S/c1-8(10)9(4-5-11)3-2-6-14(12,13)7-9/h8H,2-7,11H2,1H3. The molecule has 5 heteroatoms. The fraction of sp³-hybridized carbons (Fsp3) is 1.00. The molecule has 1 aliphatic rings. The van der Waals surface area contributed by atoms with Crippen LogP contribution in [-0.2, 0) is 9.84 Å². The Kier molecular flexibility index (Phi) is 3.53. The van der Waals surface area contributed by atoms with Crippen LogP contribution in [0.25, 0.3) is 0 Å². The highest BCUT2D eigenvalue weighted by atomic mass is 32.2. The summed E-state index contributed by atoms with van der Waals surface area (Å²) in [6, 6.07) is 0. The van der Waals surface area contributed by atoms with Crippen LogP contribution in [0, 0.1) is 5.41 Å². The fourth-order valence-corrected chi connectivity index (χ4v) is 4.35. The van der Waals surface area contributed by atoms with Crippen LogP contribution in [0.15, 0.2) is 0 Å². The van der Waals surface area contributed by atoms with Gasteiger partial charge < -0.3 is 5.73 Å². The summed E-state index contributed by atoms with van der Waals surface area (Å²) < 4.78 is 36.3. The Morgan fingerprint density at radius 2 is 2.21 bits per heavy atom. The molecule has 0 amide bonds. The first-order chi connectivity index (χ1) is 6.42. The maximum absolute atomic E-state index is 13.5. The minimum atomic E-state index is -3.05. The van der Waals surface area contributed by atoms with Gasteiger partial charge in [-0.1, -0.05) is 0 Å². The maximum atomic E-state index is 13.5. The van der Waals surface area contributed by atoms with Gasteiger partial charge in [-0.2, -0.15) is 0 Å². The molecular weight excluding hydrogens is 205 g/mol. The van der Waals surface area contributed by atoms with Gasteiger partial charge in [-0.05, 0) is 32.7 Å². The van der Waals surface area contributed by atoms with Crippen LogP contribution >= 0.6 is 0 Å². The third-order valence-electron chi connectivity index (χ3n) is 3.12. The number of nitrogens with two attached hydrogens (primary N) is 1. The van der Waals surface area contributed by atoms with Gasteiger partial charge in [0.25, 0.3) is 0 Å². The van der Waals surface area contributed by atoms with Crippen LogP contribution in [-0.4, -0.2) is 32.6 Å². The van der Waals surface area contributed by atoms with Gasteiger partial charge in [0.05, 0.1) is 11.5 Å². The van der Waals surface area contributed by atoms with Crippen molar-refractivity contribution < 1.29 is 12.8 Å². The largest absolute Gasteiger partial charge is 0.330 e. The van der Waals surface area contributed by atoms with E-state index in [4.69, 9.17) is 5.73 Å². The molecule has 0 aromatic carbocycles. The van der Waals surface area contributed by atoms with Crippen molar-refractivity contribution in [2.45, 2.75) is 32.4 Å². The quantitative estimate of drug-likeness (QED) is 0.773. The lowest BCUT2D eigenvalue weighted by Gasteiger charge is -2.37. The second-order valence-corrected chi connectivity index (χ2v) is 6.40. The molecule has 0 aromatic heterocycles. The Morgan fingerprint density at radius 3 is 2.64 bits per heavy atom. The molecular formula is C9H18FNO2S. The van der Waals surface area contributed by atoms with E-state index in [1.165, 1.54) is 6.92 Å². The first-order valence-electron chi connectivity index (χ1n) is 4.96. The summed E-state index contributed by atoms with van der Waals surface area (Å²) in [6.07, 6.45) is 0.572. The molecule has 2 unspecified atom stereocenters. The van der Waals surface area contributed by atoms with Crippen LogP contribution in [0.3, 0.4) is 0 Å². The molecule has 1 heterocycles. The molecule has 1 aliphatic heterocycles. The van der Waals surface area contributed by atoms with Crippen molar-refractivity contribution in [3.63, 3.8) is 0 Å². The minimum Gasteiger partial charge on any atom is -0.330 e. The van der Waals surface area contributed by atoms with E-state index in [1.807, 2.05) is 0 Å². The van der Waals surface area contributed by atoms with Crippen molar-refractivity contribution in [3.05, 3.63) is 0 Å². The topological polar surface area (TPSA) is 60.2 Å². The Morgan fingerprint density at radius 1 is 1.57 bits per heavy atom. The Balaban J connectivity index is 2.87. The van der Waals surface area contributed by atoms with Gasteiger partial charge in [0.1, 0.15) is 6.17 Å². The average Bonchev–Trinajstić information content (AvgIpc) is 2.02.